The van der Waals surface area contributed by atoms with Crippen LogP contribution in [0.2, 0.25) is 0 Å². The standard InChI is InChI=1S/C14H13NO2S2/c1-18-11-6-4-10(5-7-11)9-19-13-12(14(16)17)3-2-8-15-13/h2-8H,9H2,1H3,(H,16,17). The molecule has 0 saturated heterocycles. The van der Waals surface area contributed by atoms with Gasteiger partial charge in [-0.15, -0.1) is 23.5 Å². The highest BCUT2D eigenvalue weighted by Gasteiger charge is 2.10. The first-order valence-electron chi connectivity index (χ1n) is 5.64. The summed E-state index contributed by atoms with van der Waals surface area (Å²) in [6.07, 6.45) is 3.66. The SMILES string of the molecule is CSc1ccc(CSc2ncccc2C(=O)O)cc1. The van der Waals surface area contributed by atoms with Gasteiger partial charge in [0, 0.05) is 16.8 Å². The zero-order chi connectivity index (χ0) is 13.7. The van der Waals surface area contributed by atoms with Gasteiger partial charge in [0.25, 0.3) is 0 Å². The number of nitrogens with zero attached hydrogens (tertiary/aromatic N) is 1. The molecule has 2 rings (SSSR count). The summed E-state index contributed by atoms with van der Waals surface area (Å²) in [6.45, 7) is 0. The fourth-order valence-corrected chi connectivity index (χ4v) is 2.89. The van der Waals surface area contributed by atoms with Crippen molar-refractivity contribution in [2.45, 2.75) is 15.7 Å². The molecule has 0 unspecified atom stereocenters. The summed E-state index contributed by atoms with van der Waals surface area (Å²) in [5.41, 5.74) is 1.41. The molecule has 1 aromatic carbocycles. The second-order valence-corrected chi connectivity index (χ2v) is 5.64. The van der Waals surface area contributed by atoms with Crippen LogP contribution in [0.25, 0.3) is 0 Å². The van der Waals surface area contributed by atoms with Gasteiger partial charge in [-0.2, -0.15) is 0 Å². The van der Waals surface area contributed by atoms with E-state index in [2.05, 4.69) is 29.2 Å². The molecule has 5 heteroatoms. The molecule has 0 aliphatic rings. The Morgan fingerprint density at radius 1 is 1.26 bits per heavy atom. The monoisotopic (exact) mass is 291 g/mol. The van der Waals surface area contributed by atoms with Crippen LogP contribution in [0.5, 0.6) is 0 Å². The van der Waals surface area contributed by atoms with Crippen LogP contribution >= 0.6 is 23.5 Å². The molecule has 0 amide bonds. The number of aromatic carboxylic acids is 1. The molecule has 98 valence electrons. The summed E-state index contributed by atoms with van der Waals surface area (Å²) < 4.78 is 0. The molecule has 3 nitrogen and oxygen atoms in total. The summed E-state index contributed by atoms with van der Waals surface area (Å²) in [4.78, 5) is 16.4. The number of carboxylic acid groups (broad SMARTS) is 1. The number of rotatable bonds is 5. The molecule has 1 aromatic heterocycles. The van der Waals surface area contributed by atoms with Gasteiger partial charge in [0.1, 0.15) is 5.03 Å². The molecule has 0 aliphatic heterocycles. The molecule has 0 radical (unpaired) electrons. The highest BCUT2D eigenvalue weighted by Crippen LogP contribution is 2.25. The van der Waals surface area contributed by atoms with Crippen LogP contribution in [0, 0.1) is 0 Å². The number of carboxylic acids is 1. The van der Waals surface area contributed by atoms with Crippen molar-refractivity contribution in [3.8, 4) is 0 Å². The van der Waals surface area contributed by atoms with E-state index in [-0.39, 0.29) is 5.56 Å². The molecule has 0 atom stereocenters. The Morgan fingerprint density at radius 3 is 2.63 bits per heavy atom. The minimum Gasteiger partial charge on any atom is -0.478 e. The molecular formula is C14H13NO2S2. The zero-order valence-electron chi connectivity index (χ0n) is 10.4. The fraction of sp³-hybridized carbons (Fsp3) is 0.143. The third kappa shape index (κ3) is 3.75. The third-order valence-electron chi connectivity index (χ3n) is 2.54. The van der Waals surface area contributed by atoms with Gasteiger partial charge in [0.05, 0.1) is 5.56 Å². The second kappa shape index (κ2) is 6.63. The number of carbonyl (C=O) groups is 1. The van der Waals surface area contributed by atoms with Gasteiger partial charge >= 0.3 is 5.97 Å². The van der Waals surface area contributed by atoms with E-state index >= 15 is 0 Å². The van der Waals surface area contributed by atoms with Gasteiger partial charge in [-0.1, -0.05) is 12.1 Å². The summed E-state index contributed by atoms with van der Waals surface area (Å²) in [6, 6.07) is 11.5. The van der Waals surface area contributed by atoms with Crippen molar-refractivity contribution in [3.05, 3.63) is 53.7 Å². The molecule has 2 aromatic rings. The van der Waals surface area contributed by atoms with Crippen molar-refractivity contribution < 1.29 is 9.90 Å². The number of hydrogen-bond acceptors (Lipinski definition) is 4. The summed E-state index contributed by atoms with van der Waals surface area (Å²) in [5.74, 6) is -0.222. The fourth-order valence-electron chi connectivity index (χ4n) is 1.54. The molecule has 1 N–H and O–H groups in total. The van der Waals surface area contributed by atoms with E-state index in [4.69, 9.17) is 5.11 Å². The van der Waals surface area contributed by atoms with E-state index in [1.54, 1.807) is 30.1 Å². The minimum absolute atomic E-state index is 0.258. The lowest BCUT2D eigenvalue weighted by Gasteiger charge is -2.05. The smallest absolute Gasteiger partial charge is 0.338 e. The van der Waals surface area contributed by atoms with Gasteiger partial charge in [0.15, 0.2) is 0 Å². The van der Waals surface area contributed by atoms with Crippen molar-refractivity contribution in [1.82, 2.24) is 4.98 Å². The van der Waals surface area contributed by atoms with Crippen LogP contribution < -0.4 is 0 Å². The Kier molecular flexibility index (Phi) is 4.87. The van der Waals surface area contributed by atoms with Crippen LogP contribution in [0.4, 0.5) is 0 Å². The van der Waals surface area contributed by atoms with Gasteiger partial charge in [-0.05, 0) is 36.1 Å². The van der Waals surface area contributed by atoms with Gasteiger partial charge in [-0.3, -0.25) is 0 Å². The van der Waals surface area contributed by atoms with Crippen LogP contribution in [-0.2, 0) is 5.75 Å². The number of hydrogen-bond donors (Lipinski definition) is 1. The topological polar surface area (TPSA) is 50.2 Å². The number of thioether (sulfide) groups is 2. The van der Waals surface area contributed by atoms with Crippen molar-refractivity contribution in [2.24, 2.45) is 0 Å². The average Bonchev–Trinajstić information content (AvgIpc) is 2.46. The van der Waals surface area contributed by atoms with Gasteiger partial charge in [-0.25, -0.2) is 9.78 Å². The average molecular weight is 291 g/mol. The number of pyridine rings is 1. The molecular weight excluding hydrogens is 278 g/mol. The highest BCUT2D eigenvalue weighted by molar-refractivity contribution is 7.98. The van der Waals surface area contributed by atoms with Gasteiger partial charge < -0.3 is 5.11 Å². The van der Waals surface area contributed by atoms with Crippen LogP contribution in [0.15, 0.2) is 52.5 Å². The maximum Gasteiger partial charge on any atom is 0.338 e. The van der Waals surface area contributed by atoms with E-state index in [1.165, 1.54) is 16.7 Å². The quantitative estimate of drug-likeness (QED) is 0.849. The Morgan fingerprint density at radius 2 is 2.00 bits per heavy atom. The normalized spacial score (nSPS) is 10.4. The van der Waals surface area contributed by atoms with Crippen molar-refractivity contribution in [2.75, 3.05) is 6.26 Å². The highest BCUT2D eigenvalue weighted by atomic mass is 32.2. The Hall–Kier alpha value is -1.46. The van der Waals surface area contributed by atoms with E-state index in [1.807, 2.05) is 6.26 Å². The van der Waals surface area contributed by atoms with Gasteiger partial charge in [0.2, 0.25) is 0 Å². The second-order valence-electron chi connectivity index (χ2n) is 3.80. The third-order valence-corrected chi connectivity index (χ3v) is 4.36. The van der Waals surface area contributed by atoms with Crippen molar-refractivity contribution in [3.63, 3.8) is 0 Å². The lowest BCUT2D eigenvalue weighted by Crippen LogP contribution is -2.00. The van der Waals surface area contributed by atoms with Crippen LogP contribution in [0.1, 0.15) is 15.9 Å². The van der Waals surface area contributed by atoms with Crippen LogP contribution in [0.3, 0.4) is 0 Å². The first kappa shape index (κ1) is 14.0. The predicted molar refractivity (Wildman–Crippen MR) is 79.0 cm³/mol. The number of benzene rings is 1. The minimum atomic E-state index is -0.937. The van der Waals surface area contributed by atoms with E-state index in [9.17, 15) is 4.79 Å². The van der Waals surface area contributed by atoms with E-state index in [0.717, 1.165) is 5.56 Å². The lowest BCUT2D eigenvalue weighted by atomic mass is 10.2. The molecule has 0 spiro atoms. The Balaban J connectivity index is 2.07. The molecule has 19 heavy (non-hydrogen) atoms. The van der Waals surface area contributed by atoms with E-state index < -0.39 is 5.97 Å². The summed E-state index contributed by atoms with van der Waals surface area (Å²) in [5, 5.41) is 9.63. The largest absolute Gasteiger partial charge is 0.478 e. The zero-order valence-corrected chi connectivity index (χ0v) is 12.0. The maximum absolute atomic E-state index is 11.1. The Bertz CT molecular complexity index is 570. The summed E-state index contributed by atoms with van der Waals surface area (Å²) >= 11 is 3.14. The number of aromatic nitrogens is 1. The summed E-state index contributed by atoms with van der Waals surface area (Å²) in [7, 11) is 0. The predicted octanol–water partition coefficient (Wildman–Crippen LogP) is 3.79. The first-order valence-corrected chi connectivity index (χ1v) is 7.86. The lowest BCUT2D eigenvalue weighted by molar-refractivity contribution is 0.0692. The van der Waals surface area contributed by atoms with Crippen molar-refractivity contribution >= 4 is 29.5 Å². The van der Waals surface area contributed by atoms with Crippen molar-refractivity contribution in [1.29, 1.82) is 0 Å². The molecule has 1 heterocycles. The first-order chi connectivity index (χ1) is 9.20. The molecule has 0 saturated carbocycles. The molecule has 0 bridgehead atoms. The molecule has 0 fully saturated rings. The maximum atomic E-state index is 11.1. The Labute approximate surface area is 120 Å². The van der Waals surface area contributed by atoms with Crippen LogP contribution in [-0.4, -0.2) is 22.3 Å². The van der Waals surface area contributed by atoms with E-state index in [0.29, 0.717) is 10.8 Å². The molecule has 0 aliphatic carbocycles.